The largest absolute Gasteiger partial charge is 0.309 e. The second-order valence-electron chi connectivity index (χ2n) is 6.28. The number of carbonyl (C=O) groups excluding carboxylic acids is 3. The zero-order valence-corrected chi connectivity index (χ0v) is 14.0. The molecule has 2 atom stereocenters. The second kappa shape index (κ2) is 6.09. The first-order valence-electron chi connectivity index (χ1n) is 8.19. The molecule has 6 heteroatoms. The Morgan fingerprint density at radius 2 is 1.75 bits per heavy atom. The van der Waals surface area contributed by atoms with Gasteiger partial charge in [0.2, 0.25) is 17.7 Å². The van der Waals surface area contributed by atoms with Crippen LogP contribution < -0.4 is 4.90 Å². The molecule has 4 rings (SSSR count). The molecule has 3 aliphatic rings. The molecule has 0 N–H and O–H groups in total. The number of imide groups is 1. The number of likely N-dealkylation sites (tertiary alicyclic amines) is 1. The number of anilines is 1. The van der Waals surface area contributed by atoms with E-state index in [-0.39, 0.29) is 36.1 Å². The predicted molar refractivity (Wildman–Crippen MR) is 91.6 cm³/mol. The van der Waals surface area contributed by atoms with Crippen molar-refractivity contribution in [1.29, 1.82) is 0 Å². The number of rotatable bonds is 2. The van der Waals surface area contributed by atoms with Crippen LogP contribution in [0.15, 0.2) is 41.3 Å². The van der Waals surface area contributed by atoms with E-state index in [1.54, 1.807) is 16.7 Å². The van der Waals surface area contributed by atoms with Gasteiger partial charge in [-0.15, -0.1) is 11.8 Å². The Hall–Kier alpha value is -2.08. The molecule has 124 valence electrons. The number of benzene rings is 1. The summed E-state index contributed by atoms with van der Waals surface area (Å²) >= 11 is 1.72. The highest BCUT2D eigenvalue weighted by Gasteiger charge is 2.48. The molecular weight excluding hydrogens is 324 g/mol. The number of allylic oxidation sites excluding steroid dienone is 2. The van der Waals surface area contributed by atoms with Gasteiger partial charge in [0, 0.05) is 17.2 Å². The lowest BCUT2D eigenvalue weighted by Crippen LogP contribution is -2.45. The lowest BCUT2D eigenvalue weighted by Gasteiger charge is -2.30. The maximum Gasteiger partial charge on any atom is 0.247 e. The van der Waals surface area contributed by atoms with E-state index in [4.69, 9.17) is 0 Å². The summed E-state index contributed by atoms with van der Waals surface area (Å²) in [4.78, 5) is 41.7. The Kier molecular flexibility index (Phi) is 3.92. The summed E-state index contributed by atoms with van der Waals surface area (Å²) in [6.45, 7) is 0.453. The zero-order valence-electron chi connectivity index (χ0n) is 13.2. The van der Waals surface area contributed by atoms with Crippen LogP contribution in [0.25, 0.3) is 0 Å². The molecule has 0 radical (unpaired) electrons. The maximum absolute atomic E-state index is 12.8. The molecule has 1 aromatic rings. The van der Waals surface area contributed by atoms with E-state index in [9.17, 15) is 14.4 Å². The molecule has 24 heavy (non-hydrogen) atoms. The molecule has 5 nitrogen and oxygen atoms in total. The SMILES string of the molecule is O=C1[C@@H]2CC=CC[C@H]2C(=O)N1CC(=O)N1CCSc2ccccc21. The third-order valence-electron chi connectivity index (χ3n) is 4.92. The van der Waals surface area contributed by atoms with E-state index in [0.717, 1.165) is 16.3 Å². The van der Waals surface area contributed by atoms with Crippen molar-refractivity contribution in [3.63, 3.8) is 0 Å². The highest BCUT2D eigenvalue weighted by Crippen LogP contribution is 2.36. The fourth-order valence-corrected chi connectivity index (χ4v) is 4.67. The molecule has 1 saturated heterocycles. The summed E-state index contributed by atoms with van der Waals surface area (Å²) in [6.07, 6.45) is 5.11. The molecule has 0 unspecified atom stereocenters. The zero-order chi connectivity index (χ0) is 16.7. The van der Waals surface area contributed by atoms with Crippen LogP contribution in [0.4, 0.5) is 5.69 Å². The van der Waals surface area contributed by atoms with Crippen LogP contribution in [-0.2, 0) is 14.4 Å². The fourth-order valence-electron chi connectivity index (χ4n) is 3.67. The lowest BCUT2D eigenvalue weighted by atomic mass is 9.85. The molecule has 0 aromatic heterocycles. The Morgan fingerprint density at radius 3 is 2.46 bits per heavy atom. The van der Waals surface area contributed by atoms with Crippen LogP contribution in [-0.4, -0.2) is 41.5 Å². The second-order valence-corrected chi connectivity index (χ2v) is 7.42. The fraction of sp³-hybridized carbons (Fsp3) is 0.389. The number of fused-ring (bicyclic) bond motifs is 2. The quantitative estimate of drug-likeness (QED) is 0.610. The topological polar surface area (TPSA) is 57.7 Å². The predicted octanol–water partition coefficient (Wildman–Crippen LogP) is 2.08. The summed E-state index contributed by atoms with van der Waals surface area (Å²) in [7, 11) is 0. The van der Waals surface area contributed by atoms with Crippen molar-refractivity contribution in [2.45, 2.75) is 17.7 Å². The standard InChI is InChI=1S/C18H18N2O3S/c21-16(19-9-10-24-15-8-4-3-7-14(15)19)11-20-17(22)12-5-1-2-6-13(12)18(20)23/h1-4,7-8,12-13H,5-6,9-11H2/t12-,13-/m1/s1. The number of hydrogen-bond donors (Lipinski definition) is 0. The van der Waals surface area contributed by atoms with Crippen molar-refractivity contribution in [2.75, 3.05) is 23.7 Å². The van der Waals surface area contributed by atoms with Gasteiger partial charge in [0.1, 0.15) is 6.54 Å². The van der Waals surface area contributed by atoms with Gasteiger partial charge in [-0.1, -0.05) is 24.3 Å². The van der Waals surface area contributed by atoms with Crippen LogP contribution in [0.2, 0.25) is 0 Å². The Bertz CT molecular complexity index is 720. The molecule has 1 aliphatic carbocycles. The van der Waals surface area contributed by atoms with Crippen molar-refractivity contribution in [1.82, 2.24) is 4.90 Å². The number of nitrogens with zero attached hydrogens (tertiary/aromatic N) is 2. The van der Waals surface area contributed by atoms with Gasteiger partial charge < -0.3 is 4.90 Å². The van der Waals surface area contributed by atoms with Gasteiger partial charge >= 0.3 is 0 Å². The van der Waals surface area contributed by atoms with E-state index >= 15 is 0 Å². The minimum absolute atomic E-state index is 0.149. The first-order chi connectivity index (χ1) is 11.7. The lowest BCUT2D eigenvalue weighted by molar-refractivity contribution is -0.143. The number of carbonyl (C=O) groups is 3. The van der Waals surface area contributed by atoms with E-state index in [1.165, 1.54) is 4.90 Å². The van der Waals surface area contributed by atoms with Crippen LogP contribution in [0, 0.1) is 11.8 Å². The van der Waals surface area contributed by atoms with Gasteiger partial charge in [0.15, 0.2) is 0 Å². The molecule has 0 bridgehead atoms. The van der Waals surface area contributed by atoms with Crippen molar-refractivity contribution in [2.24, 2.45) is 11.8 Å². The summed E-state index contributed by atoms with van der Waals surface area (Å²) < 4.78 is 0. The highest BCUT2D eigenvalue weighted by atomic mass is 32.2. The summed E-state index contributed by atoms with van der Waals surface area (Å²) in [5, 5.41) is 0. The van der Waals surface area contributed by atoms with Crippen LogP contribution >= 0.6 is 11.8 Å². The third kappa shape index (κ3) is 2.45. The molecule has 1 aromatic carbocycles. The molecule has 0 spiro atoms. The first-order valence-corrected chi connectivity index (χ1v) is 9.18. The highest BCUT2D eigenvalue weighted by molar-refractivity contribution is 7.99. The average Bonchev–Trinajstić information content (AvgIpc) is 2.86. The molecule has 1 fully saturated rings. The molecule has 3 amide bonds. The molecule has 2 aliphatic heterocycles. The Labute approximate surface area is 144 Å². The van der Waals surface area contributed by atoms with Crippen LogP contribution in [0.1, 0.15) is 12.8 Å². The first kappa shape index (κ1) is 15.4. The summed E-state index contributed by atoms with van der Waals surface area (Å²) in [6, 6.07) is 7.75. The van der Waals surface area contributed by atoms with E-state index in [2.05, 4.69) is 0 Å². The van der Waals surface area contributed by atoms with Gasteiger partial charge in [-0.25, -0.2) is 0 Å². The molecule has 0 saturated carbocycles. The van der Waals surface area contributed by atoms with E-state index in [1.807, 2.05) is 36.4 Å². The van der Waals surface area contributed by atoms with Crippen molar-refractivity contribution in [3.05, 3.63) is 36.4 Å². The Balaban J connectivity index is 1.53. The van der Waals surface area contributed by atoms with Gasteiger partial charge in [0.05, 0.1) is 17.5 Å². The summed E-state index contributed by atoms with van der Waals surface area (Å²) in [5.41, 5.74) is 0.872. The van der Waals surface area contributed by atoms with Gasteiger partial charge in [-0.2, -0.15) is 0 Å². The molecule has 2 heterocycles. The van der Waals surface area contributed by atoms with Crippen molar-refractivity contribution < 1.29 is 14.4 Å². The van der Waals surface area contributed by atoms with Gasteiger partial charge in [-0.05, 0) is 25.0 Å². The van der Waals surface area contributed by atoms with Crippen LogP contribution in [0.3, 0.4) is 0 Å². The van der Waals surface area contributed by atoms with Gasteiger partial charge in [-0.3, -0.25) is 19.3 Å². The maximum atomic E-state index is 12.8. The number of thioether (sulfide) groups is 1. The van der Waals surface area contributed by atoms with E-state index < -0.39 is 0 Å². The van der Waals surface area contributed by atoms with Gasteiger partial charge in [0.25, 0.3) is 0 Å². The minimum atomic E-state index is -0.278. The number of para-hydroxylation sites is 1. The Morgan fingerprint density at radius 1 is 1.08 bits per heavy atom. The summed E-state index contributed by atoms with van der Waals surface area (Å²) in [5.74, 6) is -0.306. The van der Waals surface area contributed by atoms with Crippen LogP contribution in [0.5, 0.6) is 0 Å². The number of amides is 3. The average molecular weight is 342 g/mol. The smallest absolute Gasteiger partial charge is 0.247 e. The monoisotopic (exact) mass is 342 g/mol. The van der Waals surface area contributed by atoms with Crippen molar-refractivity contribution >= 4 is 35.2 Å². The third-order valence-corrected chi connectivity index (χ3v) is 5.96. The molecular formula is C18H18N2O3S. The van der Waals surface area contributed by atoms with Crippen molar-refractivity contribution in [3.8, 4) is 0 Å². The van der Waals surface area contributed by atoms with E-state index in [0.29, 0.717) is 19.4 Å². The minimum Gasteiger partial charge on any atom is -0.309 e. The number of hydrogen-bond acceptors (Lipinski definition) is 4. The normalized spacial score (nSPS) is 25.7.